The molecule has 0 spiro atoms. The summed E-state index contributed by atoms with van der Waals surface area (Å²) in [5.41, 5.74) is 2.55. The van der Waals surface area contributed by atoms with Gasteiger partial charge in [0.2, 0.25) is 0 Å². The van der Waals surface area contributed by atoms with Crippen LogP contribution >= 0.6 is 11.3 Å². The van der Waals surface area contributed by atoms with E-state index in [0.717, 1.165) is 23.1 Å². The monoisotopic (exact) mass is 264 g/mol. The number of aryl methyl sites for hydroxylation is 1. The Kier molecular flexibility index (Phi) is 4.06. The lowest BCUT2D eigenvalue weighted by Gasteiger charge is -2.13. The zero-order chi connectivity index (χ0) is 13.0. The van der Waals surface area contributed by atoms with Gasteiger partial charge in [0, 0.05) is 24.1 Å². The molecule has 18 heavy (non-hydrogen) atoms. The molecule has 0 bridgehead atoms. The molecule has 0 amide bonds. The molecule has 0 aromatic carbocycles. The molecule has 0 aliphatic carbocycles. The van der Waals surface area contributed by atoms with Crippen LogP contribution in [0.3, 0.4) is 0 Å². The number of nitrogen functional groups attached to an aromatic ring is 1. The molecule has 7 heteroatoms. The maximum atomic E-state index is 5.39. The first-order valence-corrected chi connectivity index (χ1v) is 6.61. The van der Waals surface area contributed by atoms with Gasteiger partial charge in [0.05, 0.1) is 6.04 Å². The fraction of sp³-hybridized carbons (Fsp3) is 0.364. The molecule has 0 aliphatic rings. The normalized spacial score (nSPS) is 12.2. The van der Waals surface area contributed by atoms with Crippen molar-refractivity contribution in [2.45, 2.75) is 26.3 Å². The Hall–Kier alpha value is -1.73. The highest BCUT2D eigenvalue weighted by Crippen LogP contribution is 2.21. The van der Waals surface area contributed by atoms with Gasteiger partial charge in [-0.25, -0.2) is 20.8 Å². The Balaban J connectivity index is 2.17. The lowest BCUT2D eigenvalue weighted by atomic mass is 10.3. The van der Waals surface area contributed by atoms with Gasteiger partial charge in [0.1, 0.15) is 22.5 Å². The summed E-state index contributed by atoms with van der Waals surface area (Å²) in [6.07, 6.45) is 2.55. The second-order valence-corrected chi connectivity index (χ2v) is 4.72. The Morgan fingerprint density at radius 1 is 1.39 bits per heavy atom. The zero-order valence-electron chi connectivity index (χ0n) is 10.3. The van der Waals surface area contributed by atoms with E-state index >= 15 is 0 Å². The first-order chi connectivity index (χ1) is 8.72. The summed E-state index contributed by atoms with van der Waals surface area (Å²) in [7, 11) is 0. The van der Waals surface area contributed by atoms with E-state index in [1.54, 1.807) is 23.6 Å². The van der Waals surface area contributed by atoms with Gasteiger partial charge in [-0.2, -0.15) is 0 Å². The van der Waals surface area contributed by atoms with E-state index < -0.39 is 0 Å². The summed E-state index contributed by atoms with van der Waals surface area (Å²) in [6.45, 7) is 4.05. The molecular weight excluding hydrogens is 248 g/mol. The van der Waals surface area contributed by atoms with Crippen molar-refractivity contribution < 1.29 is 0 Å². The maximum Gasteiger partial charge on any atom is 0.145 e. The van der Waals surface area contributed by atoms with E-state index in [-0.39, 0.29) is 6.04 Å². The minimum atomic E-state index is 0.107. The Bertz CT molecular complexity index is 476. The van der Waals surface area contributed by atoms with Gasteiger partial charge in [0.25, 0.3) is 0 Å². The van der Waals surface area contributed by atoms with Gasteiger partial charge in [-0.3, -0.25) is 0 Å². The Morgan fingerprint density at radius 2 is 2.17 bits per heavy atom. The summed E-state index contributed by atoms with van der Waals surface area (Å²) in [6, 6.07) is 1.89. The third-order valence-electron chi connectivity index (χ3n) is 2.42. The predicted molar refractivity (Wildman–Crippen MR) is 73.4 cm³/mol. The number of nitrogens with two attached hydrogens (primary N) is 1. The van der Waals surface area contributed by atoms with Crippen LogP contribution in [-0.4, -0.2) is 15.0 Å². The fourth-order valence-corrected chi connectivity index (χ4v) is 2.18. The van der Waals surface area contributed by atoms with Crippen LogP contribution in [0.5, 0.6) is 0 Å². The van der Waals surface area contributed by atoms with E-state index in [2.05, 4.69) is 25.7 Å². The number of rotatable bonds is 5. The van der Waals surface area contributed by atoms with Crippen molar-refractivity contribution >= 4 is 23.0 Å². The highest BCUT2D eigenvalue weighted by Gasteiger charge is 2.10. The van der Waals surface area contributed by atoms with Crippen LogP contribution in [0.25, 0.3) is 0 Å². The topological polar surface area (TPSA) is 88.8 Å². The Labute approximate surface area is 110 Å². The molecule has 6 nitrogen and oxygen atoms in total. The molecule has 0 radical (unpaired) electrons. The van der Waals surface area contributed by atoms with Crippen LogP contribution in [0, 0.1) is 0 Å². The third-order valence-corrected chi connectivity index (χ3v) is 3.38. The number of thiazole rings is 1. The molecule has 0 saturated heterocycles. The summed E-state index contributed by atoms with van der Waals surface area (Å²) in [5, 5.41) is 6.27. The summed E-state index contributed by atoms with van der Waals surface area (Å²) < 4.78 is 0. The average Bonchev–Trinajstić information content (AvgIpc) is 2.92. The minimum absolute atomic E-state index is 0.107. The van der Waals surface area contributed by atoms with Crippen molar-refractivity contribution in [2.75, 3.05) is 10.7 Å². The summed E-state index contributed by atoms with van der Waals surface area (Å²) in [5.74, 6) is 7.49. The quantitative estimate of drug-likeness (QED) is 0.565. The molecule has 2 rings (SSSR count). The van der Waals surface area contributed by atoms with Crippen molar-refractivity contribution in [1.29, 1.82) is 0 Å². The van der Waals surface area contributed by atoms with Crippen LogP contribution in [0.1, 0.15) is 30.7 Å². The fourth-order valence-electron chi connectivity index (χ4n) is 1.54. The van der Waals surface area contributed by atoms with E-state index in [1.807, 2.05) is 19.2 Å². The molecule has 96 valence electrons. The molecule has 2 aromatic rings. The molecular formula is C11H16N6S. The lowest BCUT2D eigenvalue weighted by molar-refractivity contribution is 0.846. The predicted octanol–water partition coefficient (Wildman–Crippen LogP) is 1.95. The van der Waals surface area contributed by atoms with Crippen LogP contribution < -0.4 is 16.6 Å². The highest BCUT2D eigenvalue weighted by molar-refractivity contribution is 7.09. The number of nitrogens with zero attached hydrogens (tertiary/aromatic N) is 3. The van der Waals surface area contributed by atoms with Crippen molar-refractivity contribution in [3.63, 3.8) is 0 Å². The second-order valence-electron chi connectivity index (χ2n) is 3.79. The first kappa shape index (κ1) is 12.7. The molecule has 1 atom stereocenters. The second kappa shape index (κ2) is 5.74. The molecule has 0 fully saturated rings. The van der Waals surface area contributed by atoms with Crippen LogP contribution in [0.15, 0.2) is 17.6 Å². The third kappa shape index (κ3) is 2.93. The van der Waals surface area contributed by atoms with E-state index in [4.69, 9.17) is 5.84 Å². The van der Waals surface area contributed by atoms with Crippen molar-refractivity contribution in [1.82, 2.24) is 15.0 Å². The number of hydrogen-bond acceptors (Lipinski definition) is 7. The molecule has 2 aromatic heterocycles. The van der Waals surface area contributed by atoms with Crippen LogP contribution in [-0.2, 0) is 6.42 Å². The number of hydrogen-bond donors (Lipinski definition) is 3. The van der Waals surface area contributed by atoms with Gasteiger partial charge in [-0.05, 0) is 6.92 Å². The molecule has 1 unspecified atom stereocenters. The highest BCUT2D eigenvalue weighted by atomic mass is 32.1. The van der Waals surface area contributed by atoms with Gasteiger partial charge in [-0.1, -0.05) is 6.92 Å². The van der Waals surface area contributed by atoms with Crippen LogP contribution in [0.2, 0.25) is 0 Å². The number of aromatic nitrogens is 3. The molecule has 0 aliphatic heterocycles. The van der Waals surface area contributed by atoms with E-state index in [1.165, 1.54) is 0 Å². The summed E-state index contributed by atoms with van der Waals surface area (Å²) >= 11 is 1.61. The maximum absolute atomic E-state index is 5.39. The number of hydrazine groups is 1. The molecule has 4 N–H and O–H groups in total. The van der Waals surface area contributed by atoms with Gasteiger partial charge in [0.15, 0.2) is 0 Å². The van der Waals surface area contributed by atoms with Crippen molar-refractivity contribution in [2.24, 2.45) is 5.84 Å². The number of nitrogens with one attached hydrogen (secondary N) is 2. The SMILES string of the molecule is CCc1nc(NN)cc(NC(C)c2nccs2)n1. The Morgan fingerprint density at radius 3 is 2.78 bits per heavy atom. The van der Waals surface area contributed by atoms with Crippen LogP contribution in [0.4, 0.5) is 11.6 Å². The largest absolute Gasteiger partial charge is 0.361 e. The van der Waals surface area contributed by atoms with Gasteiger partial charge >= 0.3 is 0 Å². The standard InChI is InChI=1S/C11H16N6S/c1-3-8-15-9(6-10(16-8)17-12)14-7(2)11-13-4-5-18-11/h4-7H,3,12H2,1-2H3,(H2,14,15,16,17). The van der Waals surface area contributed by atoms with E-state index in [0.29, 0.717) is 5.82 Å². The van der Waals surface area contributed by atoms with Crippen molar-refractivity contribution in [3.8, 4) is 0 Å². The smallest absolute Gasteiger partial charge is 0.145 e. The number of anilines is 2. The van der Waals surface area contributed by atoms with Gasteiger partial charge in [-0.15, -0.1) is 11.3 Å². The lowest BCUT2D eigenvalue weighted by Crippen LogP contribution is -2.13. The van der Waals surface area contributed by atoms with E-state index in [9.17, 15) is 0 Å². The first-order valence-electron chi connectivity index (χ1n) is 5.73. The molecule has 2 heterocycles. The average molecular weight is 264 g/mol. The van der Waals surface area contributed by atoms with Crippen molar-refractivity contribution in [3.05, 3.63) is 28.5 Å². The zero-order valence-corrected chi connectivity index (χ0v) is 11.2. The molecule has 0 saturated carbocycles. The summed E-state index contributed by atoms with van der Waals surface area (Å²) in [4.78, 5) is 12.9. The minimum Gasteiger partial charge on any atom is -0.361 e. The van der Waals surface area contributed by atoms with Gasteiger partial charge < -0.3 is 10.7 Å².